The first-order valence-corrected chi connectivity index (χ1v) is 11.3. The second kappa shape index (κ2) is 9.45. The summed E-state index contributed by atoms with van der Waals surface area (Å²) in [6, 6.07) is 18.7. The molecule has 0 atom stereocenters. The Hall–Kier alpha value is -2.63. The van der Waals surface area contributed by atoms with Crippen LogP contribution in [0.3, 0.4) is 0 Å². The molecule has 1 saturated heterocycles. The molecule has 5 heteroatoms. The van der Waals surface area contributed by atoms with Crippen LogP contribution in [-0.2, 0) is 13.2 Å². The Morgan fingerprint density at radius 1 is 0.967 bits per heavy atom. The highest BCUT2D eigenvalue weighted by Gasteiger charge is 2.23. The van der Waals surface area contributed by atoms with E-state index in [0.29, 0.717) is 6.61 Å². The predicted molar refractivity (Wildman–Crippen MR) is 122 cm³/mol. The normalized spacial score (nSPS) is 14.7. The molecule has 0 bridgehead atoms. The minimum Gasteiger partial charge on any atom is -0.489 e. The fourth-order valence-corrected chi connectivity index (χ4v) is 4.56. The number of aryl methyl sites for hydroxylation is 2. The van der Waals surface area contributed by atoms with Crippen LogP contribution >= 0.6 is 11.3 Å². The number of hydrogen-bond acceptors (Lipinski definition) is 4. The van der Waals surface area contributed by atoms with Gasteiger partial charge in [0.05, 0.1) is 4.88 Å². The van der Waals surface area contributed by atoms with E-state index in [-0.39, 0.29) is 5.91 Å². The van der Waals surface area contributed by atoms with Gasteiger partial charge in [0.25, 0.3) is 5.91 Å². The van der Waals surface area contributed by atoms with Crippen LogP contribution in [0.2, 0.25) is 0 Å². The van der Waals surface area contributed by atoms with E-state index in [2.05, 4.69) is 61.2 Å². The summed E-state index contributed by atoms with van der Waals surface area (Å²) in [6.45, 7) is 8.92. The molecule has 0 radical (unpaired) electrons. The first-order valence-electron chi connectivity index (χ1n) is 10.4. The Bertz CT molecular complexity index is 991. The van der Waals surface area contributed by atoms with Crippen molar-refractivity contribution in [2.24, 2.45) is 0 Å². The summed E-state index contributed by atoms with van der Waals surface area (Å²) >= 11 is 1.51. The molecule has 156 valence electrons. The fourth-order valence-electron chi connectivity index (χ4n) is 3.69. The number of carbonyl (C=O) groups excluding carboxylic acids is 1. The minimum absolute atomic E-state index is 0.136. The topological polar surface area (TPSA) is 32.8 Å². The van der Waals surface area contributed by atoms with Crippen molar-refractivity contribution in [2.75, 3.05) is 26.2 Å². The summed E-state index contributed by atoms with van der Waals surface area (Å²) in [4.78, 5) is 18.1. The molecule has 0 N–H and O–H groups in total. The zero-order valence-electron chi connectivity index (χ0n) is 17.6. The molecular weight excluding hydrogens is 392 g/mol. The van der Waals surface area contributed by atoms with E-state index < -0.39 is 0 Å². The molecule has 3 aromatic rings. The summed E-state index contributed by atoms with van der Waals surface area (Å²) in [6.07, 6.45) is 0. The first-order chi connectivity index (χ1) is 14.6. The van der Waals surface area contributed by atoms with Crippen molar-refractivity contribution in [3.63, 3.8) is 0 Å². The van der Waals surface area contributed by atoms with Crippen LogP contribution in [-0.4, -0.2) is 41.9 Å². The molecule has 4 rings (SSSR count). The van der Waals surface area contributed by atoms with Crippen molar-refractivity contribution >= 4 is 17.2 Å². The Morgan fingerprint density at radius 2 is 1.73 bits per heavy atom. The highest BCUT2D eigenvalue weighted by atomic mass is 32.1. The van der Waals surface area contributed by atoms with Gasteiger partial charge in [-0.3, -0.25) is 9.69 Å². The number of rotatable bonds is 6. The van der Waals surface area contributed by atoms with Crippen LogP contribution in [0.4, 0.5) is 0 Å². The third kappa shape index (κ3) is 5.10. The third-order valence-corrected chi connectivity index (χ3v) is 6.48. The van der Waals surface area contributed by atoms with Crippen LogP contribution < -0.4 is 4.74 Å². The van der Waals surface area contributed by atoms with E-state index in [0.717, 1.165) is 54.5 Å². The largest absolute Gasteiger partial charge is 0.489 e. The Morgan fingerprint density at radius 3 is 2.50 bits per heavy atom. The zero-order valence-corrected chi connectivity index (χ0v) is 18.5. The Kier molecular flexibility index (Phi) is 6.50. The van der Waals surface area contributed by atoms with Gasteiger partial charge in [0, 0.05) is 38.3 Å². The van der Waals surface area contributed by atoms with Gasteiger partial charge in [0.2, 0.25) is 0 Å². The van der Waals surface area contributed by atoms with Gasteiger partial charge < -0.3 is 9.64 Å². The molecule has 4 nitrogen and oxygen atoms in total. The molecule has 1 aliphatic heterocycles. The zero-order chi connectivity index (χ0) is 20.9. The second-order valence-electron chi connectivity index (χ2n) is 7.93. The monoisotopic (exact) mass is 420 g/mol. The summed E-state index contributed by atoms with van der Waals surface area (Å²) in [5.41, 5.74) is 4.68. The first kappa shape index (κ1) is 20.6. The van der Waals surface area contributed by atoms with Gasteiger partial charge in [-0.25, -0.2) is 0 Å². The number of nitrogens with zero attached hydrogens (tertiary/aromatic N) is 2. The maximum absolute atomic E-state index is 12.9. The molecule has 1 amide bonds. The van der Waals surface area contributed by atoms with Crippen LogP contribution in [0, 0.1) is 13.8 Å². The summed E-state index contributed by atoms with van der Waals surface area (Å²) < 4.78 is 5.99. The Labute approximate surface area is 182 Å². The molecule has 0 spiro atoms. The van der Waals surface area contributed by atoms with Crippen molar-refractivity contribution in [1.29, 1.82) is 0 Å². The van der Waals surface area contributed by atoms with Crippen molar-refractivity contribution in [2.45, 2.75) is 27.0 Å². The van der Waals surface area contributed by atoms with Crippen molar-refractivity contribution < 1.29 is 9.53 Å². The maximum Gasteiger partial charge on any atom is 0.264 e. The third-order valence-electron chi connectivity index (χ3n) is 5.51. The molecule has 0 aliphatic carbocycles. The molecule has 1 fully saturated rings. The SMILES string of the molecule is Cc1ccc(C)c(OCc2csc(C(=O)N3CCN(Cc4ccccc4)CC3)c2)c1. The summed E-state index contributed by atoms with van der Waals surface area (Å²) in [5.74, 6) is 1.04. The highest BCUT2D eigenvalue weighted by Crippen LogP contribution is 2.23. The molecule has 0 saturated carbocycles. The lowest BCUT2D eigenvalue weighted by Crippen LogP contribution is -2.48. The number of piperazine rings is 1. The standard InChI is InChI=1S/C25H28N2O2S/c1-19-8-9-20(2)23(14-19)29-17-22-15-24(30-18-22)25(28)27-12-10-26(11-13-27)16-21-6-4-3-5-7-21/h3-9,14-15,18H,10-13,16-17H2,1-2H3. The molecule has 30 heavy (non-hydrogen) atoms. The number of benzene rings is 2. The molecule has 2 aromatic carbocycles. The number of hydrogen-bond donors (Lipinski definition) is 0. The van der Waals surface area contributed by atoms with E-state index in [1.165, 1.54) is 22.5 Å². The van der Waals surface area contributed by atoms with Gasteiger partial charge in [-0.2, -0.15) is 0 Å². The van der Waals surface area contributed by atoms with Crippen LogP contribution in [0.5, 0.6) is 5.75 Å². The predicted octanol–water partition coefficient (Wildman–Crippen LogP) is 4.90. The highest BCUT2D eigenvalue weighted by molar-refractivity contribution is 7.12. The van der Waals surface area contributed by atoms with Gasteiger partial charge in [-0.1, -0.05) is 42.5 Å². The van der Waals surface area contributed by atoms with E-state index >= 15 is 0 Å². The lowest BCUT2D eigenvalue weighted by atomic mass is 10.1. The smallest absolute Gasteiger partial charge is 0.264 e. The lowest BCUT2D eigenvalue weighted by molar-refractivity contribution is 0.0633. The molecule has 1 aliphatic rings. The molecule has 0 unspecified atom stereocenters. The average Bonchev–Trinajstić information content (AvgIpc) is 3.24. The van der Waals surface area contributed by atoms with E-state index in [1.54, 1.807) is 0 Å². The van der Waals surface area contributed by atoms with Gasteiger partial charge in [-0.15, -0.1) is 11.3 Å². The number of amides is 1. The summed E-state index contributed by atoms with van der Waals surface area (Å²) in [7, 11) is 0. The molecular formula is C25H28N2O2S. The molecule has 1 aromatic heterocycles. The lowest BCUT2D eigenvalue weighted by Gasteiger charge is -2.34. The van der Waals surface area contributed by atoms with Crippen LogP contribution in [0.1, 0.15) is 31.9 Å². The second-order valence-corrected chi connectivity index (χ2v) is 8.84. The number of carbonyl (C=O) groups is 1. The minimum atomic E-state index is 0.136. The van der Waals surface area contributed by atoms with Gasteiger partial charge in [0.15, 0.2) is 0 Å². The van der Waals surface area contributed by atoms with Crippen molar-refractivity contribution in [3.05, 3.63) is 87.1 Å². The van der Waals surface area contributed by atoms with E-state index in [4.69, 9.17) is 4.74 Å². The van der Waals surface area contributed by atoms with Gasteiger partial charge >= 0.3 is 0 Å². The number of thiophene rings is 1. The number of ether oxygens (including phenoxy) is 1. The van der Waals surface area contributed by atoms with E-state index in [1.807, 2.05) is 22.4 Å². The van der Waals surface area contributed by atoms with Gasteiger partial charge in [0.1, 0.15) is 12.4 Å². The Balaban J connectivity index is 1.29. The van der Waals surface area contributed by atoms with Gasteiger partial charge in [-0.05, 0) is 48.1 Å². The van der Waals surface area contributed by atoms with Crippen LogP contribution in [0.25, 0.3) is 0 Å². The van der Waals surface area contributed by atoms with Crippen molar-refractivity contribution in [3.8, 4) is 5.75 Å². The van der Waals surface area contributed by atoms with E-state index in [9.17, 15) is 4.79 Å². The average molecular weight is 421 g/mol. The maximum atomic E-state index is 12.9. The summed E-state index contributed by atoms with van der Waals surface area (Å²) in [5, 5.41) is 2.03. The molecule has 2 heterocycles. The van der Waals surface area contributed by atoms with Crippen LogP contribution in [0.15, 0.2) is 60.0 Å². The van der Waals surface area contributed by atoms with Crippen molar-refractivity contribution in [1.82, 2.24) is 9.80 Å². The quantitative estimate of drug-likeness (QED) is 0.568. The fraction of sp³-hybridized carbons (Fsp3) is 0.320.